The highest BCUT2D eigenvalue weighted by atomic mass is 35.5. The lowest BCUT2D eigenvalue weighted by atomic mass is 10.1. The van der Waals surface area contributed by atoms with E-state index in [1.807, 2.05) is 48.8 Å². The minimum atomic E-state index is 0.645. The van der Waals surface area contributed by atoms with E-state index in [2.05, 4.69) is 10.1 Å². The number of methoxy groups -OCH3 is 2. The molecule has 0 saturated heterocycles. The fourth-order valence-electron chi connectivity index (χ4n) is 2.72. The maximum absolute atomic E-state index is 5.95. The Morgan fingerprint density at radius 2 is 1.67 bits per heavy atom. The quantitative estimate of drug-likeness (QED) is 0.560. The van der Waals surface area contributed by atoms with E-state index in [0.29, 0.717) is 16.5 Å². The monoisotopic (exact) mass is 339 g/mol. The summed E-state index contributed by atoms with van der Waals surface area (Å²) in [5.74, 6) is 1.30. The Bertz CT molecular complexity index is 1040. The molecule has 0 unspecified atom stereocenters. The summed E-state index contributed by atoms with van der Waals surface area (Å²) in [4.78, 5) is 4.57. The van der Waals surface area contributed by atoms with Gasteiger partial charge >= 0.3 is 0 Å². The predicted octanol–water partition coefficient (Wildman–Crippen LogP) is 4.22. The second-order valence-electron chi connectivity index (χ2n) is 5.34. The van der Waals surface area contributed by atoms with E-state index >= 15 is 0 Å². The number of benzene rings is 2. The summed E-state index contributed by atoms with van der Waals surface area (Å²) in [5, 5.41) is 6.21. The summed E-state index contributed by atoms with van der Waals surface area (Å²) < 4.78 is 12.5. The van der Waals surface area contributed by atoms with Crippen molar-refractivity contribution in [3.63, 3.8) is 0 Å². The summed E-state index contributed by atoms with van der Waals surface area (Å²) in [6.45, 7) is 0. The highest BCUT2D eigenvalue weighted by Gasteiger charge is 2.13. The van der Waals surface area contributed by atoms with Crippen LogP contribution >= 0.6 is 11.6 Å². The van der Waals surface area contributed by atoms with Crippen molar-refractivity contribution in [2.24, 2.45) is 0 Å². The van der Waals surface area contributed by atoms with Gasteiger partial charge in [-0.3, -0.25) is 0 Å². The molecule has 2 heterocycles. The van der Waals surface area contributed by atoms with Crippen LogP contribution in [0.4, 0.5) is 0 Å². The number of nitrogens with zero attached hydrogens (tertiary/aromatic N) is 3. The minimum Gasteiger partial charge on any atom is -0.493 e. The number of hydrogen-bond acceptors (Lipinski definition) is 4. The molecule has 0 atom stereocenters. The van der Waals surface area contributed by atoms with Crippen molar-refractivity contribution < 1.29 is 9.47 Å². The molecule has 0 radical (unpaired) electrons. The molecule has 0 aliphatic heterocycles. The zero-order chi connectivity index (χ0) is 16.7. The zero-order valence-corrected chi connectivity index (χ0v) is 13.9. The predicted molar refractivity (Wildman–Crippen MR) is 94.0 cm³/mol. The van der Waals surface area contributed by atoms with E-state index in [4.69, 9.17) is 21.1 Å². The van der Waals surface area contributed by atoms with Crippen molar-refractivity contribution in [1.82, 2.24) is 14.6 Å². The Hall–Kier alpha value is -2.79. The van der Waals surface area contributed by atoms with E-state index in [-0.39, 0.29) is 0 Å². The van der Waals surface area contributed by atoms with Crippen molar-refractivity contribution in [1.29, 1.82) is 0 Å². The third kappa shape index (κ3) is 2.34. The SMILES string of the molecule is COc1cc2nn3cc(-c4ccc(Cl)cc4)cnc3c2cc1OC. The van der Waals surface area contributed by atoms with Crippen LogP contribution in [-0.4, -0.2) is 28.8 Å². The molecule has 0 fully saturated rings. The second kappa shape index (κ2) is 5.69. The van der Waals surface area contributed by atoms with Gasteiger partial charge in [0.15, 0.2) is 17.1 Å². The number of ether oxygens (including phenoxy) is 2. The zero-order valence-electron chi connectivity index (χ0n) is 13.2. The van der Waals surface area contributed by atoms with E-state index in [1.165, 1.54) is 0 Å². The molecule has 2 aromatic carbocycles. The van der Waals surface area contributed by atoms with Gasteiger partial charge in [-0.15, -0.1) is 0 Å². The Morgan fingerprint density at radius 3 is 2.38 bits per heavy atom. The smallest absolute Gasteiger partial charge is 0.163 e. The van der Waals surface area contributed by atoms with Crippen LogP contribution in [0.2, 0.25) is 5.02 Å². The van der Waals surface area contributed by atoms with Gasteiger partial charge in [-0.05, 0) is 23.8 Å². The van der Waals surface area contributed by atoms with Crippen molar-refractivity contribution >= 4 is 28.2 Å². The van der Waals surface area contributed by atoms with Crippen LogP contribution in [-0.2, 0) is 0 Å². The van der Waals surface area contributed by atoms with Gasteiger partial charge < -0.3 is 9.47 Å². The molecular formula is C18H14ClN3O2. The van der Waals surface area contributed by atoms with Crippen molar-refractivity contribution in [3.8, 4) is 22.6 Å². The molecule has 0 aliphatic rings. The van der Waals surface area contributed by atoms with Crippen LogP contribution < -0.4 is 9.47 Å². The van der Waals surface area contributed by atoms with Gasteiger partial charge in [-0.2, -0.15) is 5.10 Å². The largest absolute Gasteiger partial charge is 0.493 e. The van der Waals surface area contributed by atoms with E-state index in [9.17, 15) is 0 Å². The van der Waals surface area contributed by atoms with Crippen molar-refractivity contribution in [3.05, 3.63) is 53.8 Å². The molecule has 0 N–H and O–H groups in total. The van der Waals surface area contributed by atoms with Crippen LogP contribution in [0, 0.1) is 0 Å². The van der Waals surface area contributed by atoms with Crippen LogP contribution in [0.1, 0.15) is 0 Å². The first kappa shape index (κ1) is 14.8. The summed E-state index contributed by atoms with van der Waals surface area (Å²) in [7, 11) is 3.22. The Kier molecular flexibility index (Phi) is 3.50. The average Bonchev–Trinajstić information content (AvgIpc) is 2.97. The number of aromatic nitrogens is 3. The van der Waals surface area contributed by atoms with Gasteiger partial charge in [0.05, 0.1) is 25.1 Å². The van der Waals surface area contributed by atoms with Gasteiger partial charge in [0.2, 0.25) is 0 Å². The normalized spacial score (nSPS) is 11.1. The molecule has 120 valence electrons. The molecular weight excluding hydrogens is 326 g/mol. The van der Waals surface area contributed by atoms with Crippen LogP contribution in [0.5, 0.6) is 11.5 Å². The highest BCUT2D eigenvalue weighted by Crippen LogP contribution is 2.33. The number of rotatable bonds is 3. The maximum Gasteiger partial charge on any atom is 0.163 e. The van der Waals surface area contributed by atoms with Crippen LogP contribution in [0.15, 0.2) is 48.8 Å². The number of hydrogen-bond donors (Lipinski definition) is 0. The van der Waals surface area contributed by atoms with Gasteiger partial charge in [0.1, 0.15) is 0 Å². The molecule has 0 aliphatic carbocycles. The number of halogens is 1. The van der Waals surface area contributed by atoms with E-state index in [0.717, 1.165) is 27.7 Å². The molecule has 0 saturated carbocycles. The third-order valence-corrected chi connectivity index (χ3v) is 4.19. The number of fused-ring (bicyclic) bond motifs is 3. The first-order chi connectivity index (χ1) is 11.7. The van der Waals surface area contributed by atoms with Crippen LogP contribution in [0.3, 0.4) is 0 Å². The Balaban J connectivity index is 1.91. The Morgan fingerprint density at radius 1 is 0.958 bits per heavy atom. The third-order valence-electron chi connectivity index (χ3n) is 3.94. The second-order valence-corrected chi connectivity index (χ2v) is 5.78. The minimum absolute atomic E-state index is 0.645. The fourth-order valence-corrected chi connectivity index (χ4v) is 2.85. The molecule has 2 aromatic heterocycles. The lowest BCUT2D eigenvalue weighted by Gasteiger charge is -2.06. The summed E-state index contributed by atoms with van der Waals surface area (Å²) in [5.41, 5.74) is 3.56. The molecule has 4 aromatic rings. The van der Waals surface area contributed by atoms with Gasteiger partial charge in [0.25, 0.3) is 0 Å². The Labute approximate surface area is 143 Å². The highest BCUT2D eigenvalue weighted by molar-refractivity contribution is 6.30. The van der Waals surface area contributed by atoms with Crippen molar-refractivity contribution in [2.75, 3.05) is 14.2 Å². The molecule has 0 amide bonds. The molecule has 6 heteroatoms. The molecule has 0 spiro atoms. The lowest BCUT2D eigenvalue weighted by molar-refractivity contribution is 0.356. The first-order valence-electron chi connectivity index (χ1n) is 7.35. The van der Waals surface area contributed by atoms with Crippen LogP contribution in [0.25, 0.3) is 27.7 Å². The van der Waals surface area contributed by atoms with Gasteiger partial charge in [-0.1, -0.05) is 23.7 Å². The lowest BCUT2D eigenvalue weighted by Crippen LogP contribution is -1.91. The van der Waals surface area contributed by atoms with E-state index < -0.39 is 0 Å². The molecule has 4 rings (SSSR count). The molecule has 0 bridgehead atoms. The van der Waals surface area contributed by atoms with Crippen molar-refractivity contribution in [2.45, 2.75) is 0 Å². The fraction of sp³-hybridized carbons (Fsp3) is 0.111. The van der Waals surface area contributed by atoms with Gasteiger partial charge in [-0.25, -0.2) is 9.50 Å². The summed E-state index contributed by atoms with van der Waals surface area (Å²) >= 11 is 5.95. The molecule has 5 nitrogen and oxygen atoms in total. The maximum atomic E-state index is 5.95. The molecule has 24 heavy (non-hydrogen) atoms. The topological polar surface area (TPSA) is 48.7 Å². The summed E-state index contributed by atoms with van der Waals surface area (Å²) in [6.07, 6.45) is 3.78. The first-order valence-corrected chi connectivity index (χ1v) is 7.73. The average molecular weight is 340 g/mol. The van der Waals surface area contributed by atoms with E-state index in [1.54, 1.807) is 18.7 Å². The standard InChI is InChI=1S/C18H14ClN3O2/c1-23-16-7-14-15(8-17(16)24-2)21-22-10-12(9-20-18(14)22)11-3-5-13(19)6-4-11/h3-10H,1-2H3. The summed E-state index contributed by atoms with van der Waals surface area (Å²) in [6, 6.07) is 11.4. The van der Waals surface area contributed by atoms with Gasteiger partial charge in [0, 0.05) is 29.0 Å².